The summed E-state index contributed by atoms with van der Waals surface area (Å²) in [6.07, 6.45) is 0.946. The first-order valence-electron chi connectivity index (χ1n) is 11.4. The molecule has 0 atom stereocenters. The average Bonchev–Trinajstić information content (AvgIpc) is 3.14. The lowest BCUT2D eigenvalue weighted by molar-refractivity contribution is -0.116. The third kappa shape index (κ3) is 4.46. The first kappa shape index (κ1) is 22.5. The summed E-state index contributed by atoms with van der Waals surface area (Å²) in [4.78, 5) is 25.9. The van der Waals surface area contributed by atoms with E-state index in [0.717, 1.165) is 28.8 Å². The maximum Gasteiger partial charge on any atom is 0.252 e. The maximum atomic E-state index is 13.0. The molecule has 6 heteroatoms. The number of nitrogens with zero attached hydrogens (tertiary/aromatic N) is 3. The van der Waals surface area contributed by atoms with Gasteiger partial charge in [0.15, 0.2) is 0 Å². The maximum absolute atomic E-state index is 13.0. The number of hydrogen-bond donors (Lipinski definition) is 1. The van der Waals surface area contributed by atoms with Crippen molar-refractivity contribution < 1.29 is 4.79 Å². The Labute approximate surface area is 193 Å². The van der Waals surface area contributed by atoms with Crippen LogP contribution in [0.15, 0.2) is 59.4 Å². The van der Waals surface area contributed by atoms with Crippen LogP contribution in [-0.2, 0) is 17.8 Å². The molecule has 0 bridgehead atoms. The molecule has 4 rings (SSSR count). The molecule has 6 nitrogen and oxygen atoms in total. The molecule has 2 heterocycles. The molecule has 0 fully saturated rings. The predicted molar refractivity (Wildman–Crippen MR) is 133 cm³/mol. The Morgan fingerprint density at radius 2 is 1.70 bits per heavy atom. The van der Waals surface area contributed by atoms with E-state index < -0.39 is 0 Å². The van der Waals surface area contributed by atoms with Gasteiger partial charge in [-0.1, -0.05) is 45.0 Å². The minimum Gasteiger partial charge on any atom is -0.325 e. The van der Waals surface area contributed by atoms with Gasteiger partial charge in [0.05, 0.1) is 11.4 Å². The Bertz CT molecular complexity index is 1360. The number of carbonyl (C=O) groups is 1. The molecule has 1 amide bonds. The Morgan fingerprint density at radius 1 is 1.03 bits per heavy atom. The molecule has 0 aliphatic carbocycles. The van der Waals surface area contributed by atoms with Crippen LogP contribution in [0.2, 0.25) is 0 Å². The zero-order chi connectivity index (χ0) is 23.7. The second kappa shape index (κ2) is 9.06. The fraction of sp³-hybridized carbons (Fsp3) is 0.296. The van der Waals surface area contributed by atoms with Crippen LogP contribution < -0.4 is 10.9 Å². The summed E-state index contributed by atoms with van der Waals surface area (Å²) in [5.74, 6) is 0.162. The van der Waals surface area contributed by atoms with Gasteiger partial charge in [0, 0.05) is 17.1 Å². The van der Waals surface area contributed by atoms with E-state index in [1.165, 1.54) is 15.7 Å². The molecular weight excluding hydrogens is 412 g/mol. The van der Waals surface area contributed by atoms with Crippen LogP contribution in [0.4, 0.5) is 5.69 Å². The van der Waals surface area contributed by atoms with Gasteiger partial charge in [-0.2, -0.15) is 5.10 Å². The summed E-state index contributed by atoms with van der Waals surface area (Å²) in [5, 5.41) is 8.53. The summed E-state index contributed by atoms with van der Waals surface area (Å²) in [6, 6.07) is 17.5. The number of anilines is 1. The number of carbonyl (C=O) groups excluding carboxylic acids is 1. The number of hydrogen-bond acceptors (Lipinski definition) is 3. The third-order valence-electron chi connectivity index (χ3n) is 6.04. The predicted octanol–water partition coefficient (Wildman–Crippen LogP) is 5.13. The van der Waals surface area contributed by atoms with E-state index >= 15 is 0 Å². The Hall–Kier alpha value is -3.67. The molecule has 33 heavy (non-hydrogen) atoms. The lowest BCUT2D eigenvalue weighted by Gasteiger charge is -2.13. The van der Waals surface area contributed by atoms with Gasteiger partial charge in [0.2, 0.25) is 5.91 Å². The standard InChI is InChI=1S/C27H30N4O2/c1-6-20-7-13-23(14-8-20)31-27-26(19(5)29-31)18(4)15-25(33)30(27)16-24(32)28-22-11-9-21(10-12-22)17(2)3/h7-15,17H,6,16H2,1-5H3,(H,28,32). The average molecular weight is 443 g/mol. The highest BCUT2D eigenvalue weighted by Gasteiger charge is 2.19. The quantitative estimate of drug-likeness (QED) is 0.450. The van der Waals surface area contributed by atoms with E-state index in [1.807, 2.05) is 50.2 Å². The van der Waals surface area contributed by atoms with Crippen molar-refractivity contribution in [2.45, 2.75) is 53.5 Å². The number of nitrogens with one attached hydrogen (secondary N) is 1. The lowest BCUT2D eigenvalue weighted by Crippen LogP contribution is -2.29. The van der Waals surface area contributed by atoms with Gasteiger partial charge in [-0.05, 0) is 67.1 Å². The van der Waals surface area contributed by atoms with Crippen LogP contribution in [0.25, 0.3) is 16.7 Å². The molecule has 0 unspecified atom stereocenters. The summed E-state index contributed by atoms with van der Waals surface area (Å²) in [6.45, 7) is 10.1. The van der Waals surface area contributed by atoms with Gasteiger partial charge < -0.3 is 5.32 Å². The molecule has 2 aromatic carbocycles. The highest BCUT2D eigenvalue weighted by molar-refractivity contribution is 5.92. The topological polar surface area (TPSA) is 68.9 Å². The van der Waals surface area contributed by atoms with Gasteiger partial charge in [-0.3, -0.25) is 14.2 Å². The van der Waals surface area contributed by atoms with Crippen molar-refractivity contribution in [3.8, 4) is 5.69 Å². The molecule has 0 saturated heterocycles. The number of fused-ring (bicyclic) bond motifs is 1. The van der Waals surface area contributed by atoms with Gasteiger partial charge in [-0.25, -0.2) is 4.68 Å². The summed E-state index contributed by atoms with van der Waals surface area (Å²) >= 11 is 0. The van der Waals surface area contributed by atoms with Crippen molar-refractivity contribution in [1.82, 2.24) is 14.3 Å². The number of amides is 1. The van der Waals surface area contributed by atoms with Crippen molar-refractivity contribution in [2.24, 2.45) is 0 Å². The van der Waals surface area contributed by atoms with E-state index in [-0.39, 0.29) is 18.0 Å². The first-order valence-corrected chi connectivity index (χ1v) is 11.4. The van der Waals surface area contributed by atoms with Gasteiger partial charge in [0.1, 0.15) is 12.2 Å². The highest BCUT2D eigenvalue weighted by atomic mass is 16.2. The number of benzene rings is 2. The van der Waals surface area contributed by atoms with Gasteiger partial charge >= 0.3 is 0 Å². The van der Waals surface area contributed by atoms with Crippen LogP contribution in [0.3, 0.4) is 0 Å². The van der Waals surface area contributed by atoms with Crippen LogP contribution in [0, 0.1) is 13.8 Å². The molecule has 4 aromatic rings. The second-order valence-electron chi connectivity index (χ2n) is 8.79. The molecule has 2 aromatic heterocycles. The van der Waals surface area contributed by atoms with E-state index in [1.54, 1.807) is 10.7 Å². The fourth-order valence-corrected chi connectivity index (χ4v) is 4.17. The molecule has 0 aliphatic heterocycles. The smallest absolute Gasteiger partial charge is 0.252 e. The Balaban J connectivity index is 1.73. The molecule has 0 spiro atoms. The van der Waals surface area contributed by atoms with Crippen LogP contribution in [0.5, 0.6) is 0 Å². The van der Waals surface area contributed by atoms with E-state index in [2.05, 4.69) is 38.2 Å². The van der Waals surface area contributed by atoms with Crippen molar-refractivity contribution in [3.63, 3.8) is 0 Å². The van der Waals surface area contributed by atoms with Crippen LogP contribution in [-0.4, -0.2) is 20.3 Å². The van der Waals surface area contributed by atoms with Crippen LogP contribution in [0.1, 0.15) is 49.1 Å². The Morgan fingerprint density at radius 3 is 2.30 bits per heavy atom. The highest BCUT2D eigenvalue weighted by Crippen LogP contribution is 2.24. The number of aromatic nitrogens is 3. The van der Waals surface area contributed by atoms with E-state index in [4.69, 9.17) is 5.10 Å². The van der Waals surface area contributed by atoms with Gasteiger partial charge in [0.25, 0.3) is 5.56 Å². The number of pyridine rings is 1. The largest absolute Gasteiger partial charge is 0.325 e. The van der Waals surface area contributed by atoms with Crippen molar-refractivity contribution in [3.05, 3.63) is 87.3 Å². The molecule has 0 radical (unpaired) electrons. The molecule has 170 valence electrons. The summed E-state index contributed by atoms with van der Waals surface area (Å²) in [5.41, 5.74) is 6.07. The first-order chi connectivity index (χ1) is 15.8. The SMILES string of the molecule is CCc1ccc(-n2nc(C)c3c(C)cc(=O)n(CC(=O)Nc4ccc(C(C)C)cc4)c32)cc1. The molecule has 1 N–H and O–H groups in total. The lowest BCUT2D eigenvalue weighted by atomic mass is 10.0. The van der Waals surface area contributed by atoms with E-state index in [0.29, 0.717) is 17.3 Å². The number of aryl methyl sites for hydroxylation is 3. The van der Waals surface area contributed by atoms with Crippen molar-refractivity contribution in [2.75, 3.05) is 5.32 Å². The molecular formula is C27H30N4O2. The Kier molecular flexibility index (Phi) is 6.18. The number of rotatable bonds is 6. The zero-order valence-corrected chi connectivity index (χ0v) is 19.8. The van der Waals surface area contributed by atoms with E-state index in [9.17, 15) is 9.59 Å². The van der Waals surface area contributed by atoms with Crippen molar-refractivity contribution >= 4 is 22.6 Å². The molecule has 0 aliphatic rings. The minimum absolute atomic E-state index is 0.0975. The van der Waals surface area contributed by atoms with Crippen LogP contribution >= 0.6 is 0 Å². The fourth-order valence-electron chi connectivity index (χ4n) is 4.17. The molecule has 0 saturated carbocycles. The van der Waals surface area contributed by atoms with Gasteiger partial charge in [-0.15, -0.1) is 0 Å². The third-order valence-corrected chi connectivity index (χ3v) is 6.04. The summed E-state index contributed by atoms with van der Waals surface area (Å²) < 4.78 is 3.27. The monoisotopic (exact) mass is 442 g/mol. The normalized spacial score (nSPS) is 11.3. The second-order valence-corrected chi connectivity index (χ2v) is 8.79. The zero-order valence-electron chi connectivity index (χ0n) is 19.8. The minimum atomic E-state index is -0.258. The summed E-state index contributed by atoms with van der Waals surface area (Å²) in [7, 11) is 0. The van der Waals surface area contributed by atoms with Crippen molar-refractivity contribution in [1.29, 1.82) is 0 Å².